The van der Waals surface area contributed by atoms with Crippen LogP contribution in [0.5, 0.6) is 5.75 Å². The molecular formula is C13H19NO. The van der Waals surface area contributed by atoms with Crippen LogP contribution in [0, 0.1) is 5.92 Å². The Kier molecular flexibility index (Phi) is 3.27. The molecule has 0 unspecified atom stereocenters. The summed E-state index contributed by atoms with van der Waals surface area (Å²) in [6.45, 7) is 6.44. The number of hydrogen-bond donors (Lipinski definition) is 1. The van der Waals surface area contributed by atoms with Gasteiger partial charge in [-0.1, -0.05) is 12.1 Å². The Bertz CT molecular complexity index is 301. The van der Waals surface area contributed by atoms with Gasteiger partial charge in [0.1, 0.15) is 5.75 Å². The SMILES string of the molecule is CC(C)Oc1ccc(CC2CNC2)cc1. The van der Waals surface area contributed by atoms with Crippen LogP contribution in [0.1, 0.15) is 19.4 Å². The molecule has 1 aliphatic heterocycles. The molecule has 1 N–H and O–H groups in total. The maximum Gasteiger partial charge on any atom is 0.119 e. The van der Waals surface area contributed by atoms with Gasteiger partial charge in [-0.2, -0.15) is 0 Å². The van der Waals surface area contributed by atoms with Crippen LogP contribution in [0.2, 0.25) is 0 Å². The van der Waals surface area contributed by atoms with Crippen molar-refractivity contribution in [2.75, 3.05) is 13.1 Å². The minimum absolute atomic E-state index is 0.256. The lowest BCUT2D eigenvalue weighted by atomic mass is 9.94. The first-order chi connectivity index (χ1) is 7.24. The Balaban J connectivity index is 1.91. The second-order valence-electron chi connectivity index (χ2n) is 4.54. The summed E-state index contributed by atoms with van der Waals surface area (Å²) in [5.41, 5.74) is 1.41. The predicted molar refractivity (Wildman–Crippen MR) is 62.3 cm³/mol. The first-order valence-corrected chi connectivity index (χ1v) is 5.70. The smallest absolute Gasteiger partial charge is 0.119 e. The van der Waals surface area contributed by atoms with Gasteiger partial charge in [-0.3, -0.25) is 0 Å². The first kappa shape index (κ1) is 10.5. The van der Waals surface area contributed by atoms with Crippen molar-refractivity contribution in [2.24, 2.45) is 5.92 Å². The van der Waals surface area contributed by atoms with Crippen molar-refractivity contribution >= 4 is 0 Å². The molecule has 2 nitrogen and oxygen atoms in total. The summed E-state index contributed by atoms with van der Waals surface area (Å²) in [5, 5.41) is 3.29. The van der Waals surface area contributed by atoms with Crippen molar-refractivity contribution in [1.82, 2.24) is 5.32 Å². The third-order valence-corrected chi connectivity index (χ3v) is 2.69. The molecule has 0 saturated carbocycles. The quantitative estimate of drug-likeness (QED) is 0.814. The summed E-state index contributed by atoms with van der Waals surface area (Å²) in [4.78, 5) is 0. The van der Waals surface area contributed by atoms with Gasteiger partial charge in [0, 0.05) is 0 Å². The van der Waals surface area contributed by atoms with Gasteiger partial charge in [-0.15, -0.1) is 0 Å². The molecular weight excluding hydrogens is 186 g/mol. The van der Waals surface area contributed by atoms with Crippen molar-refractivity contribution < 1.29 is 4.74 Å². The summed E-state index contributed by atoms with van der Waals surface area (Å²) in [6, 6.07) is 8.49. The van der Waals surface area contributed by atoms with Crippen LogP contribution in [0.25, 0.3) is 0 Å². The van der Waals surface area contributed by atoms with E-state index in [1.165, 1.54) is 25.1 Å². The van der Waals surface area contributed by atoms with E-state index < -0.39 is 0 Å². The highest BCUT2D eigenvalue weighted by Gasteiger charge is 2.16. The highest BCUT2D eigenvalue weighted by molar-refractivity contribution is 5.27. The van der Waals surface area contributed by atoms with Gasteiger partial charge in [0.25, 0.3) is 0 Å². The lowest BCUT2D eigenvalue weighted by Gasteiger charge is -2.27. The summed E-state index contributed by atoms with van der Waals surface area (Å²) in [6.07, 6.45) is 1.45. The van der Waals surface area contributed by atoms with Gasteiger partial charge in [0.2, 0.25) is 0 Å². The minimum Gasteiger partial charge on any atom is -0.491 e. The summed E-state index contributed by atoms with van der Waals surface area (Å²) < 4.78 is 5.60. The first-order valence-electron chi connectivity index (χ1n) is 5.70. The number of benzene rings is 1. The van der Waals surface area contributed by atoms with Gasteiger partial charge >= 0.3 is 0 Å². The molecule has 0 aromatic heterocycles. The molecule has 0 aliphatic carbocycles. The zero-order valence-corrected chi connectivity index (χ0v) is 9.49. The average Bonchev–Trinajstić information content (AvgIpc) is 2.13. The van der Waals surface area contributed by atoms with Crippen molar-refractivity contribution in [3.05, 3.63) is 29.8 Å². The molecule has 82 valence electrons. The van der Waals surface area contributed by atoms with E-state index in [2.05, 4.69) is 29.6 Å². The van der Waals surface area contributed by atoms with Crippen molar-refractivity contribution in [3.8, 4) is 5.75 Å². The summed E-state index contributed by atoms with van der Waals surface area (Å²) in [7, 11) is 0. The Morgan fingerprint density at radius 1 is 1.27 bits per heavy atom. The molecule has 1 heterocycles. The van der Waals surface area contributed by atoms with Gasteiger partial charge in [0.05, 0.1) is 6.10 Å². The zero-order chi connectivity index (χ0) is 10.7. The molecule has 0 bridgehead atoms. The van der Waals surface area contributed by atoms with E-state index in [1.807, 2.05) is 13.8 Å². The van der Waals surface area contributed by atoms with Crippen molar-refractivity contribution in [3.63, 3.8) is 0 Å². The van der Waals surface area contributed by atoms with Crippen LogP contribution >= 0.6 is 0 Å². The van der Waals surface area contributed by atoms with E-state index in [1.54, 1.807) is 0 Å². The standard InChI is InChI=1S/C13H19NO/c1-10(2)15-13-5-3-11(4-6-13)7-12-8-14-9-12/h3-6,10,12,14H,7-9H2,1-2H3. The maximum absolute atomic E-state index is 5.60. The molecule has 1 aliphatic rings. The number of ether oxygens (including phenoxy) is 1. The minimum atomic E-state index is 0.256. The van der Waals surface area contributed by atoms with Crippen LogP contribution < -0.4 is 10.1 Å². The monoisotopic (exact) mass is 205 g/mol. The second kappa shape index (κ2) is 4.67. The fourth-order valence-electron chi connectivity index (χ4n) is 1.80. The molecule has 0 radical (unpaired) electrons. The Labute approximate surface area is 91.6 Å². The highest BCUT2D eigenvalue weighted by Crippen LogP contribution is 2.17. The van der Waals surface area contributed by atoms with Crippen molar-refractivity contribution in [2.45, 2.75) is 26.4 Å². The van der Waals surface area contributed by atoms with E-state index in [4.69, 9.17) is 4.74 Å². The third kappa shape index (κ3) is 2.96. The Morgan fingerprint density at radius 2 is 1.93 bits per heavy atom. The lowest BCUT2D eigenvalue weighted by Crippen LogP contribution is -2.43. The molecule has 1 aromatic rings. The summed E-state index contributed by atoms with van der Waals surface area (Å²) in [5.74, 6) is 1.81. The Morgan fingerprint density at radius 3 is 2.40 bits per heavy atom. The molecule has 2 heteroatoms. The lowest BCUT2D eigenvalue weighted by molar-refractivity contribution is 0.242. The Hall–Kier alpha value is -1.02. The normalized spacial score (nSPS) is 16.5. The molecule has 15 heavy (non-hydrogen) atoms. The average molecular weight is 205 g/mol. The van der Waals surface area contributed by atoms with E-state index in [0.717, 1.165) is 11.7 Å². The van der Waals surface area contributed by atoms with Crippen LogP contribution in [0.3, 0.4) is 0 Å². The van der Waals surface area contributed by atoms with Gasteiger partial charge in [0.15, 0.2) is 0 Å². The molecule has 0 amide bonds. The molecule has 0 spiro atoms. The van der Waals surface area contributed by atoms with Crippen LogP contribution in [-0.2, 0) is 6.42 Å². The van der Waals surface area contributed by atoms with E-state index in [0.29, 0.717) is 0 Å². The van der Waals surface area contributed by atoms with Gasteiger partial charge < -0.3 is 10.1 Å². The van der Waals surface area contributed by atoms with E-state index in [9.17, 15) is 0 Å². The van der Waals surface area contributed by atoms with E-state index in [-0.39, 0.29) is 6.10 Å². The molecule has 1 aromatic carbocycles. The topological polar surface area (TPSA) is 21.3 Å². The van der Waals surface area contributed by atoms with Crippen LogP contribution in [0.4, 0.5) is 0 Å². The fourth-order valence-corrected chi connectivity index (χ4v) is 1.80. The number of nitrogens with one attached hydrogen (secondary N) is 1. The predicted octanol–water partition coefficient (Wildman–Crippen LogP) is 2.24. The number of hydrogen-bond acceptors (Lipinski definition) is 2. The largest absolute Gasteiger partial charge is 0.491 e. The molecule has 2 rings (SSSR count). The zero-order valence-electron chi connectivity index (χ0n) is 9.49. The molecule has 1 saturated heterocycles. The third-order valence-electron chi connectivity index (χ3n) is 2.69. The molecule has 0 atom stereocenters. The van der Waals surface area contributed by atoms with Crippen LogP contribution in [0.15, 0.2) is 24.3 Å². The molecule has 1 fully saturated rings. The van der Waals surface area contributed by atoms with Gasteiger partial charge in [-0.05, 0) is 57.0 Å². The highest BCUT2D eigenvalue weighted by atomic mass is 16.5. The number of rotatable bonds is 4. The maximum atomic E-state index is 5.60. The van der Waals surface area contributed by atoms with E-state index >= 15 is 0 Å². The fraction of sp³-hybridized carbons (Fsp3) is 0.538. The van der Waals surface area contributed by atoms with Gasteiger partial charge in [-0.25, -0.2) is 0 Å². The summed E-state index contributed by atoms with van der Waals surface area (Å²) >= 11 is 0. The van der Waals surface area contributed by atoms with Crippen LogP contribution in [-0.4, -0.2) is 19.2 Å². The second-order valence-corrected chi connectivity index (χ2v) is 4.54. The van der Waals surface area contributed by atoms with Crippen molar-refractivity contribution in [1.29, 1.82) is 0 Å².